The maximum Gasteiger partial charge on any atom is 0.320 e. The summed E-state index contributed by atoms with van der Waals surface area (Å²) in [5.74, 6) is -2.84. The van der Waals surface area contributed by atoms with Gasteiger partial charge in [-0.25, -0.2) is 18.6 Å². The fourth-order valence-electron chi connectivity index (χ4n) is 3.24. The molecule has 4 rings (SSSR count). The Balaban J connectivity index is 1.52. The monoisotopic (exact) mass is 449 g/mol. The van der Waals surface area contributed by atoms with Crippen molar-refractivity contribution in [3.05, 3.63) is 47.2 Å². The molecule has 2 aromatic heterocycles. The highest BCUT2D eigenvalue weighted by Crippen LogP contribution is 2.38. The second-order valence-electron chi connectivity index (χ2n) is 7.40. The summed E-state index contributed by atoms with van der Waals surface area (Å²) in [5.41, 5.74) is -0.706. The van der Waals surface area contributed by atoms with E-state index in [1.807, 2.05) is 0 Å². The fraction of sp³-hybridized carbons (Fsp3) is 0.250. The van der Waals surface area contributed by atoms with Crippen LogP contribution in [0.25, 0.3) is 11.0 Å². The van der Waals surface area contributed by atoms with Crippen LogP contribution in [0.3, 0.4) is 0 Å². The first-order chi connectivity index (χ1) is 14.7. The first-order valence-electron chi connectivity index (χ1n) is 9.29. The molecule has 0 atom stereocenters. The molecule has 0 radical (unpaired) electrons. The van der Waals surface area contributed by atoms with Crippen LogP contribution in [-0.2, 0) is 4.79 Å². The van der Waals surface area contributed by atoms with E-state index in [1.165, 1.54) is 23.4 Å². The van der Waals surface area contributed by atoms with Gasteiger partial charge in [0.05, 0.1) is 10.4 Å². The van der Waals surface area contributed by atoms with E-state index in [2.05, 4.69) is 20.6 Å². The number of hydrogen-bond donors (Lipinski definition) is 3. The summed E-state index contributed by atoms with van der Waals surface area (Å²) in [6.45, 7) is 0. The third-order valence-electron chi connectivity index (χ3n) is 4.87. The van der Waals surface area contributed by atoms with E-state index in [4.69, 9.17) is 16.3 Å². The number of fused-ring (bicyclic) bond motifs is 1. The van der Waals surface area contributed by atoms with Gasteiger partial charge in [0.2, 0.25) is 5.91 Å². The number of nitrogens with one attached hydrogen (secondary N) is 3. The smallest absolute Gasteiger partial charge is 0.320 e. The molecule has 0 saturated heterocycles. The van der Waals surface area contributed by atoms with Crippen molar-refractivity contribution in [1.82, 2.24) is 20.2 Å². The molecule has 3 aromatic rings. The summed E-state index contributed by atoms with van der Waals surface area (Å²) < 4.78 is 34.6. The van der Waals surface area contributed by atoms with Gasteiger partial charge in [-0.3, -0.25) is 4.79 Å². The predicted molar refractivity (Wildman–Crippen MR) is 110 cm³/mol. The molecular weight excluding hydrogens is 432 g/mol. The zero-order chi connectivity index (χ0) is 22.3. The highest BCUT2D eigenvalue weighted by molar-refractivity contribution is 6.36. The Morgan fingerprint density at radius 3 is 2.55 bits per heavy atom. The van der Waals surface area contributed by atoms with Crippen LogP contribution in [0.1, 0.15) is 12.8 Å². The van der Waals surface area contributed by atoms with E-state index in [0.29, 0.717) is 23.9 Å². The second kappa shape index (κ2) is 7.69. The largest absolute Gasteiger partial charge is 0.450 e. The van der Waals surface area contributed by atoms with Crippen LogP contribution in [0.15, 0.2) is 30.6 Å². The third kappa shape index (κ3) is 3.98. The summed E-state index contributed by atoms with van der Waals surface area (Å²) >= 11 is 6.09. The van der Waals surface area contributed by atoms with Crippen molar-refractivity contribution < 1.29 is 23.1 Å². The van der Waals surface area contributed by atoms with Gasteiger partial charge < -0.3 is 25.3 Å². The molecule has 1 saturated carbocycles. The first kappa shape index (κ1) is 20.9. The lowest BCUT2D eigenvalue weighted by Gasteiger charge is -2.21. The topological polar surface area (TPSA) is 99.3 Å². The number of ether oxygens (including phenoxy) is 1. The molecule has 0 unspecified atom stereocenters. The van der Waals surface area contributed by atoms with E-state index < -0.39 is 29.0 Å². The van der Waals surface area contributed by atoms with Crippen molar-refractivity contribution in [2.45, 2.75) is 18.4 Å². The SMILES string of the molecule is CN(C)C(=O)C1(NC(=O)Nc2cc(F)c(Oc3ccnc4[nH]cc(Cl)c34)c(F)c2)CC1. The zero-order valence-corrected chi connectivity index (χ0v) is 17.3. The molecule has 8 nitrogen and oxygen atoms in total. The number of carbonyl (C=O) groups excluding carboxylic acids is 2. The molecule has 1 aliphatic rings. The number of H-pyrrole nitrogens is 1. The lowest BCUT2D eigenvalue weighted by Crippen LogP contribution is -2.49. The van der Waals surface area contributed by atoms with Gasteiger partial charge in [-0.1, -0.05) is 11.6 Å². The van der Waals surface area contributed by atoms with Crippen molar-refractivity contribution in [2.24, 2.45) is 0 Å². The molecule has 1 fully saturated rings. The average Bonchev–Trinajstić information content (AvgIpc) is 3.38. The van der Waals surface area contributed by atoms with Crippen LogP contribution >= 0.6 is 11.6 Å². The van der Waals surface area contributed by atoms with E-state index in [0.717, 1.165) is 12.1 Å². The number of amides is 3. The third-order valence-corrected chi connectivity index (χ3v) is 5.17. The average molecular weight is 450 g/mol. The van der Waals surface area contributed by atoms with E-state index in [-0.39, 0.29) is 22.4 Å². The summed E-state index contributed by atoms with van der Waals surface area (Å²) in [4.78, 5) is 32.7. The van der Waals surface area contributed by atoms with Crippen LogP contribution in [-0.4, -0.2) is 46.4 Å². The molecule has 11 heteroatoms. The highest BCUT2D eigenvalue weighted by atomic mass is 35.5. The van der Waals surface area contributed by atoms with Crippen molar-refractivity contribution in [3.63, 3.8) is 0 Å². The van der Waals surface area contributed by atoms with Gasteiger partial charge in [0.25, 0.3) is 0 Å². The normalized spacial score (nSPS) is 14.2. The minimum Gasteiger partial charge on any atom is -0.450 e. The van der Waals surface area contributed by atoms with Crippen LogP contribution < -0.4 is 15.4 Å². The minimum atomic E-state index is -1.03. The molecule has 0 spiro atoms. The lowest BCUT2D eigenvalue weighted by atomic mass is 10.2. The molecule has 1 aromatic carbocycles. The predicted octanol–water partition coefficient (Wildman–Crippen LogP) is 4.03. The van der Waals surface area contributed by atoms with Crippen molar-refractivity contribution in [1.29, 1.82) is 0 Å². The Bertz CT molecular complexity index is 1170. The van der Waals surface area contributed by atoms with Crippen LogP contribution in [0.5, 0.6) is 11.5 Å². The number of pyridine rings is 1. The van der Waals surface area contributed by atoms with Gasteiger partial charge in [-0.2, -0.15) is 0 Å². The molecule has 2 heterocycles. The number of likely N-dealkylation sites (N-methyl/N-ethyl adjacent to an activating group) is 1. The van der Waals surface area contributed by atoms with Crippen molar-refractivity contribution in [3.8, 4) is 11.5 Å². The maximum absolute atomic E-state index is 14.6. The lowest BCUT2D eigenvalue weighted by molar-refractivity contribution is -0.131. The van der Waals surface area contributed by atoms with Gasteiger partial charge in [0.1, 0.15) is 16.9 Å². The number of urea groups is 1. The minimum absolute atomic E-state index is 0.116. The number of nitrogens with zero attached hydrogens (tertiary/aromatic N) is 2. The van der Waals surface area contributed by atoms with Crippen LogP contribution in [0.4, 0.5) is 19.3 Å². The fourth-order valence-corrected chi connectivity index (χ4v) is 3.47. The molecule has 1 aliphatic carbocycles. The number of aromatic amines is 1. The molecule has 162 valence electrons. The van der Waals surface area contributed by atoms with Gasteiger partial charge >= 0.3 is 6.03 Å². The summed E-state index contributed by atoms with van der Waals surface area (Å²) in [7, 11) is 3.17. The zero-order valence-electron chi connectivity index (χ0n) is 16.6. The number of aromatic nitrogens is 2. The number of carbonyl (C=O) groups is 2. The van der Waals surface area contributed by atoms with Gasteiger partial charge in [0, 0.05) is 44.3 Å². The Hall–Kier alpha value is -3.40. The van der Waals surface area contributed by atoms with Crippen LogP contribution in [0, 0.1) is 11.6 Å². The Labute approximate surface area is 180 Å². The molecule has 3 amide bonds. The Morgan fingerprint density at radius 2 is 1.94 bits per heavy atom. The van der Waals surface area contributed by atoms with Gasteiger partial charge in [0.15, 0.2) is 17.4 Å². The van der Waals surface area contributed by atoms with Crippen LogP contribution in [0.2, 0.25) is 5.02 Å². The molecule has 0 aliphatic heterocycles. The summed E-state index contributed by atoms with van der Waals surface area (Å²) in [6, 6.07) is 2.53. The molecular formula is C20H18ClF2N5O3. The molecule has 3 N–H and O–H groups in total. The highest BCUT2D eigenvalue weighted by Gasteiger charge is 2.52. The maximum atomic E-state index is 14.6. The van der Waals surface area contributed by atoms with E-state index in [9.17, 15) is 18.4 Å². The number of halogens is 3. The number of anilines is 1. The Kier molecular flexibility index (Phi) is 5.18. The number of rotatable bonds is 5. The van der Waals surface area contributed by atoms with Crippen molar-refractivity contribution >= 4 is 40.3 Å². The second-order valence-corrected chi connectivity index (χ2v) is 7.81. The summed E-state index contributed by atoms with van der Waals surface area (Å²) in [5, 5.41) is 5.58. The Morgan fingerprint density at radius 1 is 1.26 bits per heavy atom. The van der Waals surface area contributed by atoms with Crippen molar-refractivity contribution in [2.75, 3.05) is 19.4 Å². The molecule has 0 bridgehead atoms. The first-order valence-corrected chi connectivity index (χ1v) is 9.67. The van der Waals surface area contributed by atoms with Gasteiger partial charge in [-0.05, 0) is 18.9 Å². The quantitative estimate of drug-likeness (QED) is 0.547. The van der Waals surface area contributed by atoms with E-state index in [1.54, 1.807) is 14.1 Å². The number of hydrogen-bond acceptors (Lipinski definition) is 4. The summed E-state index contributed by atoms with van der Waals surface area (Å²) in [6.07, 6.45) is 3.88. The van der Waals surface area contributed by atoms with E-state index >= 15 is 0 Å². The number of benzene rings is 1. The van der Waals surface area contributed by atoms with Gasteiger partial charge in [-0.15, -0.1) is 0 Å². The standard InChI is InChI=1S/C20H18ClF2N5O3/c1-28(2)18(29)20(4-5-20)27-19(30)26-10-7-12(22)16(13(23)8-10)31-14-3-6-24-17-15(14)11(21)9-25-17/h3,6-9H,4-5H2,1-2H3,(H,24,25)(H2,26,27,30). The molecule has 31 heavy (non-hydrogen) atoms.